The van der Waals surface area contributed by atoms with Gasteiger partial charge < -0.3 is 39.2 Å². The zero-order valence-corrected chi connectivity index (χ0v) is 19.5. The topological polar surface area (TPSA) is 118 Å². The molecule has 2 bridgehead atoms. The van der Waals surface area contributed by atoms with Gasteiger partial charge in [0.05, 0.1) is 27.6 Å². The Labute approximate surface area is 204 Å². The van der Waals surface area contributed by atoms with Crippen molar-refractivity contribution in [2.45, 2.75) is 43.4 Å². The molecule has 8 rings (SSSR count). The van der Waals surface area contributed by atoms with Crippen LogP contribution >= 0.6 is 0 Å². The van der Waals surface area contributed by atoms with Crippen LogP contribution in [0.3, 0.4) is 0 Å². The van der Waals surface area contributed by atoms with Crippen molar-refractivity contribution in [3.63, 3.8) is 0 Å². The predicted octanol–water partition coefficient (Wildman–Crippen LogP) is 2.59. The number of amides is 1. The lowest BCUT2D eigenvalue weighted by atomic mass is 9.93. The van der Waals surface area contributed by atoms with Crippen molar-refractivity contribution in [1.82, 2.24) is 14.5 Å². The van der Waals surface area contributed by atoms with Gasteiger partial charge in [0.1, 0.15) is 18.3 Å². The van der Waals surface area contributed by atoms with Gasteiger partial charge in [-0.3, -0.25) is 4.79 Å². The summed E-state index contributed by atoms with van der Waals surface area (Å²) in [7, 11) is 1.49. The number of hydrogen-bond donors (Lipinski definition) is 4. The van der Waals surface area contributed by atoms with Crippen molar-refractivity contribution in [2.24, 2.45) is 0 Å². The molecular weight excluding hydrogens is 462 g/mol. The number of rotatable bonds is 1. The van der Waals surface area contributed by atoms with Crippen LogP contribution in [0.2, 0.25) is 0 Å². The number of carbonyl (C=O) groups excluding carboxylic acids is 1. The number of benzene rings is 3. The number of para-hydroxylation sites is 2. The highest BCUT2D eigenvalue weighted by molar-refractivity contribution is 6.31. The number of fused-ring (bicyclic) bond motifs is 13. The van der Waals surface area contributed by atoms with Crippen molar-refractivity contribution in [3.8, 4) is 0 Å². The van der Waals surface area contributed by atoms with E-state index in [0.717, 1.165) is 32.7 Å². The van der Waals surface area contributed by atoms with Crippen molar-refractivity contribution in [3.05, 3.63) is 59.7 Å². The van der Waals surface area contributed by atoms with Crippen LogP contribution in [-0.2, 0) is 15.2 Å². The van der Waals surface area contributed by atoms with Crippen LogP contribution in [0, 0.1) is 0 Å². The van der Waals surface area contributed by atoms with Gasteiger partial charge in [0.25, 0.3) is 5.91 Å². The molecule has 0 unspecified atom stereocenters. The molecular formula is C27H23N3O6. The summed E-state index contributed by atoms with van der Waals surface area (Å²) in [5.74, 6) is -0.353. The minimum atomic E-state index is -1.29. The summed E-state index contributed by atoms with van der Waals surface area (Å²) < 4.78 is 16.4. The Balaban J connectivity index is 1.76. The minimum Gasteiger partial charge on any atom is -0.387 e. The molecule has 0 radical (unpaired) electrons. The van der Waals surface area contributed by atoms with Gasteiger partial charge in [0, 0.05) is 34.2 Å². The number of carbonyl (C=O) groups is 1. The van der Waals surface area contributed by atoms with E-state index in [9.17, 15) is 20.1 Å². The predicted molar refractivity (Wildman–Crippen MR) is 131 cm³/mol. The van der Waals surface area contributed by atoms with Gasteiger partial charge in [-0.2, -0.15) is 0 Å². The first kappa shape index (κ1) is 20.7. The second-order valence-corrected chi connectivity index (χ2v) is 10.1. The van der Waals surface area contributed by atoms with E-state index in [0.29, 0.717) is 22.0 Å². The first-order valence-corrected chi connectivity index (χ1v) is 12.0. The third-order valence-electron chi connectivity index (χ3n) is 8.36. The van der Waals surface area contributed by atoms with E-state index in [-0.39, 0.29) is 5.91 Å². The number of methoxy groups -OCH3 is 1. The molecule has 3 aliphatic rings. The maximum Gasteiger partial charge on any atom is 0.254 e. The Hall–Kier alpha value is -3.47. The van der Waals surface area contributed by atoms with E-state index in [1.54, 1.807) is 0 Å². The van der Waals surface area contributed by atoms with Gasteiger partial charge in [-0.05, 0) is 19.1 Å². The first-order valence-electron chi connectivity index (χ1n) is 12.0. The Morgan fingerprint density at radius 3 is 2.33 bits per heavy atom. The van der Waals surface area contributed by atoms with Crippen LogP contribution in [0.4, 0.5) is 0 Å². The van der Waals surface area contributed by atoms with Crippen LogP contribution in [0.25, 0.3) is 43.6 Å². The van der Waals surface area contributed by atoms with Crippen LogP contribution in [-0.4, -0.2) is 55.8 Å². The molecule has 9 nitrogen and oxygen atoms in total. The zero-order valence-electron chi connectivity index (χ0n) is 19.5. The number of aromatic nitrogens is 2. The Morgan fingerprint density at radius 2 is 1.61 bits per heavy atom. The van der Waals surface area contributed by atoms with Crippen LogP contribution in [0.15, 0.2) is 48.5 Å². The molecule has 1 fully saturated rings. The van der Waals surface area contributed by atoms with Gasteiger partial charge in [-0.15, -0.1) is 0 Å². The molecule has 3 aliphatic heterocycles. The van der Waals surface area contributed by atoms with Crippen LogP contribution < -0.4 is 5.32 Å². The van der Waals surface area contributed by atoms with Gasteiger partial charge in [-0.1, -0.05) is 36.4 Å². The molecule has 0 aliphatic carbocycles. The number of nitrogens with one attached hydrogen (secondary N) is 1. The summed E-state index contributed by atoms with van der Waals surface area (Å²) in [6.07, 6.45) is -5.56. The molecule has 9 heteroatoms. The average Bonchev–Trinajstić information content (AvgIpc) is 3.46. The first-order chi connectivity index (χ1) is 17.4. The lowest BCUT2D eigenvalue weighted by molar-refractivity contribution is -0.314. The van der Waals surface area contributed by atoms with E-state index in [2.05, 4.69) is 5.32 Å². The fourth-order valence-electron chi connectivity index (χ4n) is 7.04. The standard InChI is InChI=1S/C27H23N3O6/c1-27-23(35-2)21(31)22(32)26(36-27)29-13-9-5-3-7-11(13)15-17-18(25(34)28-24(17)33)16-12-8-4-6-10-14(12)30(27)20(16)19(15)29/h3-10,21-23,25-26,31-32,34H,1-2H3,(H,28,33)/t21-,22+,23+,25+,26+,27-/m0/s1. The molecule has 1 amide bonds. The maximum atomic E-state index is 13.3. The average molecular weight is 485 g/mol. The van der Waals surface area contributed by atoms with E-state index in [4.69, 9.17) is 9.47 Å². The summed E-state index contributed by atoms with van der Waals surface area (Å²) >= 11 is 0. The highest BCUT2D eigenvalue weighted by Crippen LogP contribution is 2.54. The smallest absolute Gasteiger partial charge is 0.254 e. The summed E-state index contributed by atoms with van der Waals surface area (Å²) in [5, 5.41) is 39.5. The molecule has 2 aromatic heterocycles. The number of aliphatic hydroxyl groups is 3. The Bertz CT molecular complexity index is 1800. The fourth-order valence-corrected chi connectivity index (χ4v) is 7.04. The number of aliphatic hydroxyl groups excluding tert-OH is 3. The van der Waals surface area contributed by atoms with Gasteiger partial charge in [-0.25, -0.2) is 0 Å². The summed E-state index contributed by atoms with van der Waals surface area (Å²) in [4.78, 5) is 13.3. The number of ether oxygens (including phenoxy) is 2. The second-order valence-electron chi connectivity index (χ2n) is 10.1. The van der Waals surface area contributed by atoms with Crippen molar-refractivity contribution in [2.75, 3.05) is 7.11 Å². The van der Waals surface area contributed by atoms with Gasteiger partial charge in [0.2, 0.25) is 0 Å². The lowest BCUT2D eigenvalue weighted by Gasteiger charge is -2.48. The van der Waals surface area contributed by atoms with Crippen molar-refractivity contribution >= 4 is 49.5 Å². The number of hydrogen-bond acceptors (Lipinski definition) is 6. The third kappa shape index (κ3) is 2.07. The molecule has 0 spiro atoms. The molecule has 5 heterocycles. The normalized spacial score (nSPS) is 31.0. The van der Waals surface area contributed by atoms with Crippen LogP contribution in [0.5, 0.6) is 0 Å². The molecule has 182 valence electrons. The monoisotopic (exact) mass is 485 g/mol. The van der Waals surface area contributed by atoms with E-state index in [1.807, 2.05) is 64.6 Å². The van der Waals surface area contributed by atoms with E-state index < -0.39 is 36.5 Å². The highest BCUT2D eigenvalue weighted by Gasteiger charge is 2.57. The minimum absolute atomic E-state index is 0.353. The van der Waals surface area contributed by atoms with Crippen LogP contribution in [0.1, 0.15) is 35.3 Å². The van der Waals surface area contributed by atoms with Crippen molar-refractivity contribution in [1.29, 1.82) is 0 Å². The van der Waals surface area contributed by atoms with Gasteiger partial charge in [0.15, 0.2) is 18.2 Å². The zero-order chi connectivity index (χ0) is 24.7. The summed E-state index contributed by atoms with van der Waals surface area (Å²) in [6, 6.07) is 15.4. The molecule has 6 atom stereocenters. The molecule has 1 saturated heterocycles. The van der Waals surface area contributed by atoms with Gasteiger partial charge >= 0.3 is 0 Å². The molecule has 4 N–H and O–H groups in total. The lowest BCUT2D eigenvalue weighted by Crippen LogP contribution is -2.62. The van der Waals surface area contributed by atoms with Crippen molar-refractivity contribution < 1.29 is 29.6 Å². The fraction of sp³-hybridized carbons (Fsp3) is 0.296. The molecule has 0 saturated carbocycles. The second kappa shape index (κ2) is 6.44. The highest BCUT2D eigenvalue weighted by atomic mass is 16.6. The maximum absolute atomic E-state index is 13.3. The van der Waals surface area contributed by atoms with E-state index in [1.165, 1.54) is 7.11 Å². The summed E-state index contributed by atoms with van der Waals surface area (Å²) in [6.45, 7) is 1.85. The Morgan fingerprint density at radius 1 is 0.944 bits per heavy atom. The Kier molecular flexibility index (Phi) is 3.70. The SMILES string of the molecule is CO[C@@H]1[C@@H](O)[C@@H](O)[C@H]2O[C@]1(C)n1c3ccccc3c3c4c(c5c6ccccc6n2c5c31)C(=O)N[C@@H]4O. The quantitative estimate of drug-likeness (QED) is 0.290. The summed E-state index contributed by atoms with van der Waals surface area (Å²) in [5.41, 5.74) is 2.75. The molecule has 5 aromatic rings. The molecule has 3 aromatic carbocycles. The molecule has 36 heavy (non-hydrogen) atoms. The van der Waals surface area contributed by atoms with E-state index >= 15 is 0 Å². The third-order valence-corrected chi connectivity index (χ3v) is 8.36. The largest absolute Gasteiger partial charge is 0.387 e. The number of nitrogens with zero attached hydrogens (tertiary/aromatic N) is 2.